The van der Waals surface area contributed by atoms with Crippen LogP contribution in [0.5, 0.6) is 0 Å². The van der Waals surface area contributed by atoms with Crippen LogP contribution in [-0.2, 0) is 0 Å². The van der Waals surface area contributed by atoms with Crippen LogP contribution in [0, 0.1) is 0 Å². The Bertz CT molecular complexity index is 848. The molecule has 0 aliphatic carbocycles. The van der Waals surface area contributed by atoms with Gasteiger partial charge in [0.25, 0.3) is 0 Å². The first-order valence-electron chi connectivity index (χ1n) is 10.3. The van der Waals surface area contributed by atoms with Gasteiger partial charge >= 0.3 is 0 Å². The largest absolute Gasteiger partial charge is 0.399 e. The Morgan fingerprint density at radius 1 is 0.867 bits per heavy atom. The molecule has 4 atom stereocenters. The van der Waals surface area contributed by atoms with E-state index in [2.05, 4.69) is 20.2 Å². The van der Waals surface area contributed by atoms with Gasteiger partial charge in [0.15, 0.2) is 0 Å². The lowest BCUT2D eigenvalue weighted by molar-refractivity contribution is 0.447. The van der Waals surface area contributed by atoms with E-state index in [1.54, 1.807) is 0 Å². The minimum atomic E-state index is -0.0283. The third kappa shape index (κ3) is 4.54. The fourth-order valence-corrected chi connectivity index (χ4v) is 4.14. The molecule has 2 fully saturated rings. The Labute approximate surface area is 176 Å². The molecule has 2 saturated heterocycles. The van der Waals surface area contributed by atoms with Gasteiger partial charge in [-0.05, 0) is 37.1 Å². The van der Waals surface area contributed by atoms with Gasteiger partial charge in [-0.1, -0.05) is 0 Å². The summed E-state index contributed by atoms with van der Waals surface area (Å²) in [6.07, 6.45) is 1.58. The van der Waals surface area contributed by atoms with E-state index in [1.807, 2.05) is 29.2 Å². The zero-order valence-corrected chi connectivity index (χ0v) is 17.0. The predicted octanol–water partition coefficient (Wildman–Crippen LogP) is -1.07. The summed E-state index contributed by atoms with van der Waals surface area (Å²) in [6, 6.07) is 7.45. The molecule has 1 aromatic carbocycles. The van der Waals surface area contributed by atoms with E-state index in [0.29, 0.717) is 49.7 Å². The van der Waals surface area contributed by atoms with Gasteiger partial charge < -0.3 is 43.8 Å². The maximum absolute atomic E-state index is 6.19. The van der Waals surface area contributed by atoms with Gasteiger partial charge in [-0.3, -0.25) is 0 Å². The SMILES string of the molecule is NC[C@@H]1C[C@H](N)CN1c1nc(Nc2ccc(N)cc2)nc(N2C[C@H](N)C[C@H](N)C2)n1. The lowest BCUT2D eigenvalue weighted by Crippen LogP contribution is -2.53. The summed E-state index contributed by atoms with van der Waals surface area (Å²) in [4.78, 5) is 18.1. The van der Waals surface area contributed by atoms with E-state index in [4.69, 9.17) is 33.7 Å². The van der Waals surface area contributed by atoms with E-state index >= 15 is 0 Å². The number of benzene rings is 1. The monoisotopic (exact) mass is 413 g/mol. The number of nitrogens with one attached hydrogen (secondary N) is 1. The van der Waals surface area contributed by atoms with Crippen LogP contribution < -0.4 is 43.8 Å². The van der Waals surface area contributed by atoms with Crippen molar-refractivity contribution >= 4 is 29.2 Å². The van der Waals surface area contributed by atoms with E-state index in [1.165, 1.54) is 0 Å². The minimum Gasteiger partial charge on any atom is -0.399 e. The summed E-state index contributed by atoms with van der Waals surface area (Å²) in [5.74, 6) is 1.53. The molecule has 30 heavy (non-hydrogen) atoms. The van der Waals surface area contributed by atoms with Crippen LogP contribution in [0.25, 0.3) is 0 Å². The summed E-state index contributed by atoms with van der Waals surface area (Å²) in [6.45, 7) is 2.40. The van der Waals surface area contributed by atoms with Gasteiger partial charge in [-0.25, -0.2) is 0 Å². The zero-order valence-electron chi connectivity index (χ0n) is 17.0. The minimum absolute atomic E-state index is 0.0283. The summed E-state index contributed by atoms with van der Waals surface area (Å²) < 4.78 is 0. The van der Waals surface area contributed by atoms with Gasteiger partial charge in [0.05, 0.1) is 0 Å². The highest BCUT2D eigenvalue weighted by atomic mass is 15.4. The highest BCUT2D eigenvalue weighted by Crippen LogP contribution is 2.26. The van der Waals surface area contributed by atoms with Crippen LogP contribution in [-0.4, -0.2) is 65.3 Å². The average molecular weight is 414 g/mol. The zero-order chi connectivity index (χ0) is 21.3. The number of aromatic nitrogens is 3. The molecule has 3 heterocycles. The molecule has 0 spiro atoms. The lowest BCUT2D eigenvalue weighted by atomic mass is 10.0. The Morgan fingerprint density at radius 2 is 1.50 bits per heavy atom. The first-order valence-corrected chi connectivity index (χ1v) is 10.3. The lowest BCUT2D eigenvalue weighted by Gasteiger charge is -2.35. The fraction of sp³-hybridized carbons (Fsp3) is 0.526. The van der Waals surface area contributed by atoms with Crippen molar-refractivity contribution in [3.05, 3.63) is 24.3 Å². The number of hydrogen-bond acceptors (Lipinski definition) is 11. The van der Waals surface area contributed by atoms with Crippen molar-refractivity contribution in [3.63, 3.8) is 0 Å². The number of nitrogens with two attached hydrogens (primary N) is 5. The Kier molecular flexibility index (Phi) is 5.86. The summed E-state index contributed by atoms with van der Waals surface area (Å²) in [7, 11) is 0. The molecule has 1 aromatic heterocycles. The molecule has 11 N–H and O–H groups in total. The van der Waals surface area contributed by atoms with Crippen LogP contribution >= 0.6 is 0 Å². The standard InChI is InChI=1S/C19H31N11/c20-7-16-6-14(24)10-30(16)19-27-17(25-15-3-1-11(21)2-4-15)26-18(28-19)29-8-12(22)5-13(23)9-29/h1-4,12-14,16H,5-10,20-24H2,(H,25,26,27,28)/t12-,13+,14-,16-/m0/s1. The van der Waals surface area contributed by atoms with Crippen LogP contribution in [0.4, 0.5) is 29.2 Å². The predicted molar refractivity (Wildman–Crippen MR) is 120 cm³/mol. The second-order valence-electron chi connectivity index (χ2n) is 8.20. The first-order chi connectivity index (χ1) is 14.4. The third-order valence-corrected chi connectivity index (χ3v) is 5.55. The van der Waals surface area contributed by atoms with E-state index in [-0.39, 0.29) is 24.2 Å². The second-order valence-corrected chi connectivity index (χ2v) is 8.20. The van der Waals surface area contributed by atoms with E-state index < -0.39 is 0 Å². The smallest absolute Gasteiger partial charge is 0.233 e. The molecule has 0 radical (unpaired) electrons. The van der Waals surface area contributed by atoms with Gasteiger partial charge in [-0.2, -0.15) is 15.0 Å². The van der Waals surface area contributed by atoms with E-state index in [9.17, 15) is 0 Å². The molecule has 0 saturated carbocycles. The van der Waals surface area contributed by atoms with Gasteiger partial charge in [0, 0.05) is 61.7 Å². The van der Waals surface area contributed by atoms with Gasteiger partial charge in [-0.15, -0.1) is 0 Å². The molecule has 0 unspecified atom stereocenters. The summed E-state index contributed by atoms with van der Waals surface area (Å²) >= 11 is 0. The van der Waals surface area contributed by atoms with Crippen LogP contribution in [0.3, 0.4) is 0 Å². The molecule has 11 nitrogen and oxygen atoms in total. The Balaban J connectivity index is 1.69. The quantitative estimate of drug-likeness (QED) is 0.327. The van der Waals surface area contributed by atoms with Gasteiger partial charge in [0.2, 0.25) is 17.8 Å². The maximum Gasteiger partial charge on any atom is 0.233 e. The maximum atomic E-state index is 6.19. The number of rotatable bonds is 5. The number of nitrogen functional groups attached to an aromatic ring is 1. The average Bonchev–Trinajstić information content (AvgIpc) is 3.10. The third-order valence-electron chi connectivity index (χ3n) is 5.55. The molecule has 0 bridgehead atoms. The van der Waals surface area contributed by atoms with Crippen LogP contribution in [0.1, 0.15) is 12.8 Å². The highest BCUT2D eigenvalue weighted by Gasteiger charge is 2.32. The second kappa shape index (κ2) is 8.56. The Morgan fingerprint density at radius 3 is 2.17 bits per heavy atom. The topological polar surface area (TPSA) is 187 Å². The molecule has 2 aliphatic heterocycles. The van der Waals surface area contributed by atoms with Crippen molar-refractivity contribution in [2.24, 2.45) is 22.9 Å². The first kappa shape index (κ1) is 20.5. The van der Waals surface area contributed by atoms with Crippen molar-refractivity contribution in [2.75, 3.05) is 47.0 Å². The molecular weight excluding hydrogens is 382 g/mol. The molecular formula is C19H31N11. The molecule has 162 valence electrons. The van der Waals surface area contributed by atoms with Crippen molar-refractivity contribution in [2.45, 2.75) is 37.0 Å². The number of nitrogens with zero attached hydrogens (tertiary/aromatic N) is 5. The van der Waals surface area contributed by atoms with Crippen molar-refractivity contribution in [1.82, 2.24) is 15.0 Å². The van der Waals surface area contributed by atoms with E-state index in [0.717, 1.165) is 18.5 Å². The van der Waals surface area contributed by atoms with Crippen molar-refractivity contribution in [1.29, 1.82) is 0 Å². The fourth-order valence-electron chi connectivity index (χ4n) is 4.14. The number of piperidine rings is 1. The van der Waals surface area contributed by atoms with Crippen LogP contribution in [0.2, 0.25) is 0 Å². The summed E-state index contributed by atoms with van der Waals surface area (Å²) in [5, 5.41) is 3.24. The summed E-state index contributed by atoms with van der Waals surface area (Å²) in [5.41, 5.74) is 31.8. The van der Waals surface area contributed by atoms with Crippen molar-refractivity contribution in [3.8, 4) is 0 Å². The van der Waals surface area contributed by atoms with Crippen LogP contribution in [0.15, 0.2) is 24.3 Å². The normalized spacial score (nSPS) is 26.8. The van der Waals surface area contributed by atoms with Crippen molar-refractivity contribution < 1.29 is 0 Å². The number of hydrogen-bond donors (Lipinski definition) is 6. The number of anilines is 5. The Hall–Kier alpha value is -2.73. The molecule has 0 amide bonds. The molecule has 11 heteroatoms. The highest BCUT2D eigenvalue weighted by molar-refractivity contribution is 5.59. The molecule has 2 aromatic rings. The van der Waals surface area contributed by atoms with Gasteiger partial charge in [0.1, 0.15) is 0 Å². The molecule has 2 aliphatic rings. The molecule has 4 rings (SSSR count).